The highest BCUT2D eigenvalue weighted by molar-refractivity contribution is 5.73. The molecule has 1 fully saturated rings. The van der Waals surface area contributed by atoms with Crippen LogP contribution in [0.4, 0.5) is 18.0 Å². The molecule has 1 unspecified atom stereocenters. The van der Waals surface area contributed by atoms with Gasteiger partial charge in [-0.15, -0.1) is 0 Å². The smallest absolute Gasteiger partial charge is 0.337 e. The molecule has 6 nitrogen and oxygen atoms in total. The summed E-state index contributed by atoms with van der Waals surface area (Å²) in [6.45, 7) is 2.30. The molecule has 1 aromatic heterocycles. The van der Waals surface area contributed by atoms with Gasteiger partial charge in [-0.2, -0.15) is 13.2 Å². The number of carbonyl (C=O) groups excluding carboxylic acids is 1. The third kappa shape index (κ3) is 5.34. The second-order valence-electron chi connectivity index (χ2n) is 5.67. The van der Waals surface area contributed by atoms with Crippen LogP contribution >= 0.6 is 0 Å². The number of likely N-dealkylation sites (N-methyl/N-ethyl adjacent to an activating group) is 1. The molecule has 0 bridgehead atoms. The van der Waals surface area contributed by atoms with Crippen LogP contribution in [-0.2, 0) is 12.7 Å². The van der Waals surface area contributed by atoms with Gasteiger partial charge in [-0.05, 0) is 32.9 Å². The highest BCUT2D eigenvalue weighted by Gasteiger charge is 2.32. The van der Waals surface area contributed by atoms with Crippen LogP contribution < -0.4 is 10.6 Å². The Bertz CT molecular complexity index is 547. The Morgan fingerprint density at radius 3 is 2.74 bits per heavy atom. The predicted octanol–water partition coefficient (Wildman–Crippen LogP) is 1.78. The molecule has 1 heterocycles. The fraction of sp³-hybridized carbons (Fsp3) is 0.643. The predicted molar refractivity (Wildman–Crippen MR) is 77.5 cm³/mol. The number of urea groups is 1. The first kappa shape index (κ1) is 17.5. The van der Waals surface area contributed by atoms with Gasteiger partial charge in [0.2, 0.25) is 0 Å². The Labute approximate surface area is 132 Å². The normalized spacial score (nSPS) is 16.3. The van der Waals surface area contributed by atoms with Crippen LogP contribution in [0.25, 0.3) is 0 Å². The minimum Gasteiger partial charge on any atom is -0.337 e. The molecule has 1 aromatic rings. The van der Waals surface area contributed by atoms with E-state index in [1.165, 1.54) is 12.8 Å². The second kappa shape index (κ2) is 7.12. The van der Waals surface area contributed by atoms with Crippen molar-refractivity contribution in [3.63, 3.8) is 0 Å². The van der Waals surface area contributed by atoms with Gasteiger partial charge < -0.3 is 10.6 Å². The number of nitrogens with zero attached hydrogens (tertiary/aromatic N) is 3. The molecule has 1 saturated carbocycles. The lowest BCUT2D eigenvalue weighted by Gasteiger charge is -2.24. The molecule has 1 aliphatic rings. The van der Waals surface area contributed by atoms with Gasteiger partial charge in [0.25, 0.3) is 0 Å². The van der Waals surface area contributed by atoms with E-state index >= 15 is 0 Å². The lowest BCUT2D eigenvalue weighted by atomic mass is 10.3. The van der Waals surface area contributed by atoms with Gasteiger partial charge in [0.15, 0.2) is 0 Å². The minimum atomic E-state index is -4.53. The first-order valence-corrected chi connectivity index (χ1v) is 7.40. The number of rotatable bonds is 6. The Morgan fingerprint density at radius 1 is 1.43 bits per heavy atom. The zero-order chi connectivity index (χ0) is 17.0. The van der Waals surface area contributed by atoms with Gasteiger partial charge in [0, 0.05) is 24.8 Å². The molecule has 1 aliphatic carbocycles. The summed E-state index contributed by atoms with van der Waals surface area (Å²) >= 11 is 0. The quantitative estimate of drug-likeness (QED) is 0.834. The van der Waals surface area contributed by atoms with Crippen molar-refractivity contribution < 1.29 is 18.0 Å². The molecule has 0 aliphatic heterocycles. The first-order chi connectivity index (χ1) is 10.8. The van der Waals surface area contributed by atoms with Gasteiger partial charge >= 0.3 is 12.2 Å². The van der Waals surface area contributed by atoms with E-state index in [2.05, 4.69) is 25.5 Å². The average molecular weight is 331 g/mol. The van der Waals surface area contributed by atoms with Crippen LogP contribution in [0.2, 0.25) is 0 Å². The number of aromatic nitrogens is 2. The van der Waals surface area contributed by atoms with Crippen LogP contribution in [0.1, 0.15) is 31.3 Å². The lowest BCUT2D eigenvalue weighted by Crippen LogP contribution is -2.44. The van der Waals surface area contributed by atoms with E-state index in [1.54, 1.807) is 0 Å². The molecule has 128 valence electrons. The summed E-state index contributed by atoms with van der Waals surface area (Å²) in [7, 11) is 2.01. The van der Waals surface area contributed by atoms with Gasteiger partial charge in [-0.3, -0.25) is 4.90 Å². The summed E-state index contributed by atoms with van der Waals surface area (Å²) < 4.78 is 37.6. The van der Waals surface area contributed by atoms with Crippen molar-refractivity contribution in [3.8, 4) is 0 Å². The highest BCUT2D eigenvalue weighted by Crippen LogP contribution is 2.27. The maximum atomic E-state index is 12.5. The van der Waals surface area contributed by atoms with Crippen LogP contribution in [0.3, 0.4) is 0 Å². The van der Waals surface area contributed by atoms with Crippen molar-refractivity contribution in [2.45, 2.75) is 44.6 Å². The van der Waals surface area contributed by atoms with Crippen molar-refractivity contribution >= 4 is 6.03 Å². The highest BCUT2D eigenvalue weighted by atomic mass is 19.4. The van der Waals surface area contributed by atoms with E-state index in [1.807, 2.05) is 14.0 Å². The van der Waals surface area contributed by atoms with E-state index in [4.69, 9.17) is 0 Å². The maximum absolute atomic E-state index is 12.5. The number of hydrogen-bond donors (Lipinski definition) is 2. The second-order valence-corrected chi connectivity index (χ2v) is 5.67. The number of amides is 2. The van der Waals surface area contributed by atoms with E-state index in [0.717, 1.165) is 12.3 Å². The SMILES string of the molecule is CC(CNC(=O)NCc1nccc(C(F)(F)F)n1)N(C)C1CC1. The lowest BCUT2D eigenvalue weighted by molar-refractivity contribution is -0.141. The maximum Gasteiger partial charge on any atom is 0.433 e. The van der Waals surface area contributed by atoms with Crippen molar-refractivity contribution in [3.05, 3.63) is 23.8 Å². The molecule has 2 N–H and O–H groups in total. The van der Waals surface area contributed by atoms with Gasteiger partial charge in [-0.1, -0.05) is 0 Å². The van der Waals surface area contributed by atoms with Crippen LogP contribution in [-0.4, -0.2) is 46.6 Å². The standard InChI is InChI=1S/C14H20F3N5O/c1-9(22(2)10-3-4-10)7-19-13(23)20-8-12-18-6-5-11(21-12)14(15,16)17/h5-6,9-10H,3-4,7-8H2,1-2H3,(H2,19,20,23). The third-order valence-corrected chi connectivity index (χ3v) is 3.78. The molecule has 0 aromatic carbocycles. The Morgan fingerprint density at radius 2 is 2.13 bits per heavy atom. The topological polar surface area (TPSA) is 70.1 Å². The van der Waals surface area contributed by atoms with Gasteiger partial charge in [0.05, 0.1) is 6.54 Å². The number of alkyl halides is 3. The summed E-state index contributed by atoms with van der Waals surface area (Å²) in [5.74, 6) is -0.0851. The molecule has 2 amide bonds. The fourth-order valence-electron chi connectivity index (χ4n) is 2.09. The number of hydrogen-bond acceptors (Lipinski definition) is 4. The monoisotopic (exact) mass is 331 g/mol. The first-order valence-electron chi connectivity index (χ1n) is 7.40. The van der Waals surface area contributed by atoms with Crippen molar-refractivity contribution in [2.24, 2.45) is 0 Å². The number of carbonyl (C=O) groups is 1. The summed E-state index contributed by atoms with van der Waals surface area (Å²) in [6.07, 6.45) is -1.14. The summed E-state index contributed by atoms with van der Waals surface area (Å²) in [4.78, 5) is 21.0. The molecule has 0 saturated heterocycles. The number of nitrogens with one attached hydrogen (secondary N) is 2. The molecule has 23 heavy (non-hydrogen) atoms. The zero-order valence-corrected chi connectivity index (χ0v) is 13.0. The van der Waals surface area contributed by atoms with E-state index in [9.17, 15) is 18.0 Å². The van der Waals surface area contributed by atoms with Crippen LogP contribution in [0, 0.1) is 0 Å². The zero-order valence-electron chi connectivity index (χ0n) is 13.0. The average Bonchev–Trinajstić information content (AvgIpc) is 3.34. The molecule has 2 rings (SSSR count). The van der Waals surface area contributed by atoms with Gasteiger partial charge in [0.1, 0.15) is 11.5 Å². The molecule has 9 heteroatoms. The summed E-state index contributed by atoms with van der Waals surface area (Å²) in [6, 6.07) is 1.12. The Kier molecular flexibility index (Phi) is 5.40. The van der Waals surface area contributed by atoms with Crippen LogP contribution in [0.15, 0.2) is 12.3 Å². The molecule has 0 spiro atoms. The van der Waals surface area contributed by atoms with Crippen molar-refractivity contribution in [1.82, 2.24) is 25.5 Å². The minimum absolute atomic E-state index is 0.0851. The molecular formula is C14H20F3N5O. The van der Waals surface area contributed by atoms with Gasteiger partial charge in [-0.25, -0.2) is 14.8 Å². The molecule has 1 atom stereocenters. The van der Waals surface area contributed by atoms with Crippen molar-refractivity contribution in [1.29, 1.82) is 0 Å². The Balaban J connectivity index is 1.76. The Hall–Kier alpha value is -1.90. The van der Waals surface area contributed by atoms with Crippen LogP contribution in [0.5, 0.6) is 0 Å². The summed E-state index contributed by atoms with van der Waals surface area (Å²) in [5, 5.41) is 5.15. The summed E-state index contributed by atoms with van der Waals surface area (Å²) in [5.41, 5.74) is -1.02. The number of halogens is 3. The van der Waals surface area contributed by atoms with E-state index in [0.29, 0.717) is 12.6 Å². The van der Waals surface area contributed by atoms with E-state index < -0.39 is 17.9 Å². The molecule has 0 radical (unpaired) electrons. The van der Waals surface area contributed by atoms with Crippen molar-refractivity contribution in [2.75, 3.05) is 13.6 Å². The third-order valence-electron chi connectivity index (χ3n) is 3.78. The molecular weight excluding hydrogens is 311 g/mol. The van der Waals surface area contributed by atoms with E-state index in [-0.39, 0.29) is 18.4 Å². The fourth-order valence-corrected chi connectivity index (χ4v) is 2.09. The largest absolute Gasteiger partial charge is 0.433 e.